The summed E-state index contributed by atoms with van der Waals surface area (Å²) in [5, 5.41) is 10.8. The minimum atomic E-state index is 0.194. The molecule has 2 rings (SSSR count). The minimum Gasteiger partial charge on any atom is -0.507 e. The molecule has 0 saturated carbocycles. The quantitative estimate of drug-likeness (QED) is 0.783. The number of hydrogen-bond donors (Lipinski definition) is 1. The Morgan fingerprint density at radius 1 is 1.17 bits per heavy atom. The van der Waals surface area contributed by atoms with Crippen molar-refractivity contribution in [3.63, 3.8) is 0 Å². The average molecular weight is 333 g/mol. The van der Waals surface area contributed by atoms with E-state index in [0.29, 0.717) is 22.0 Å². The van der Waals surface area contributed by atoms with E-state index in [-0.39, 0.29) is 5.75 Å². The molecular formula is C18H21ClN2O2. The fourth-order valence-corrected chi connectivity index (χ4v) is 2.50. The number of hydrogen-bond acceptors (Lipinski definition) is 4. The molecule has 0 heterocycles. The third-order valence-electron chi connectivity index (χ3n) is 3.63. The number of ether oxygens (including phenoxy) is 1. The van der Waals surface area contributed by atoms with Gasteiger partial charge in [0, 0.05) is 41.6 Å². The molecule has 0 aliphatic rings. The van der Waals surface area contributed by atoms with Gasteiger partial charge in [-0.05, 0) is 44.2 Å². The molecule has 0 fully saturated rings. The van der Waals surface area contributed by atoms with Gasteiger partial charge in [0.2, 0.25) is 0 Å². The highest BCUT2D eigenvalue weighted by Gasteiger charge is 2.06. The molecule has 0 aliphatic heterocycles. The summed E-state index contributed by atoms with van der Waals surface area (Å²) in [7, 11) is 1.58. The van der Waals surface area contributed by atoms with E-state index < -0.39 is 0 Å². The van der Waals surface area contributed by atoms with E-state index in [1.165, 1.54) is 0 Å². The third kappa shape index (κ3) is 4.17. The number of anilines is 1. The lowest BCUT2D eigenvalue weighted by molar-refractivity contribution is 0.416. The zero-order valence-electron chi connectivity index (χ0n) is 13.6. The van der Waals surface area contributed by atoms with Crippen molar-refractivity contribution in [1.29, 1.82) is 0 Å². The van der Waals surface area contributed by atoms with Crippen molar-refractivity contribution < 1.29 is 9.84 Å². The first kappa shape index (κ1) is 17.2. The number of methoxy groups -OCH3 is 1. The van der Waals surface area contributed by atoms with Gasteiger partial charge in [-0.2, -0.15) is 0 Å². The highest BCUT2D eigenvalue weighted by molar-refractivity contribution is 6.30. The lowest BCUT2D eigenvalue weighted by Gasteiger charge is -2.21. The molecule has 5 heteroatoms. The number of aromatic hydroxyl groups is 1. The molecule has 0 amide bonds. The van der Waals surface area contributed by atoms with Crippen LogP contribution in [0, 0.1) is 0 Å². The molecule has 0 atom stereocenters. The van der Waals surface area contributed by atoms with E-state index in [9.17, 15) is 5.11 Å². The van der Waals surface area contributed by atoms with Crippen LogP contribution in [0.2, 0.25) is 5.02 Å². The standard InChI is InChI=1S/C18H21ClN2O2/c1-4-21(5-2)15-8-6-13(17(22)11-15)12-20-16-10-14(19)7-9-18(16)23-3/h6-12,22H,4-5H2,1-3H3. The van der Waals surface area contributed by atoms with Crippen molar-refractivity contribution in [3.05, 3.63) is 47.0 Å². The van der Waals surface area contributed by atoms with Crippen LogP contribution in [-0.4, -0.2) is 31.5 Å². The van der Waals surface area contributed by atoms with Gasteiger partial charge in [0.05, 0.1) is 7.11 Å². The van der Waals surface area contributed by atoms with Crippen molar-refractivity contribution in [2.75, 3.05) is 25.1 Å². The van der Waals surface area contributed by atoms with Gasteiger partial charge >= 0.3 is 0 Å². The van der Waals surface area contributed by atoms with Gasteiger partial charge in [-0.15, -0.1) is 0 Å². The summed E-state index contributed by atoms with van der Waals surface area (Å²) < 4.78 is 5.26. The Morgan fingerprint density at radius 3 is 2.52 bits per heavy atom. The number of aliphatic imine (C=N–C) groups is 1. The summed E-state index contributed by atoms with van der Waals surface area (Å²) in [5.41, 5.74) is 2.25. The van der Waals surface area contributed by atoms with Gasteiger partial charge in [-0.25, -0.2) is 0 Å². The van der Waals surface area contributed by atoms with Crippen LogP contribution in [0.25, 0.3) is 0 Å². The molecule has 122 valence electrons. The van der Waals surface area contributed by atoms with Crippen LogP contribution in [-0.2, 0) is 0 Å². The van der Waals surface area contributed by atoms with Crippen LogP contribution in [0.5, 0.6) is 11.5 Å². The molecule has 0 spiro atoms. The Labute approximate surface area is 142 Å². The fourth-order valence-electron chi connectivity index (χ4n) is 2.33. The van der Waals surface area contributed by atoms with E-state index in [1.54, 1.807) is 37.6 Å². The molecule has 4 nitrogen and oxygen atoms in total. The molecule has 0 unspecified atom stereocenters. The van der Waals surface area contributed by atoms with Gasteiger partial charge in [0.1, 0.15) is 17.2 Å². The third-order valence-corrected chi connectivity index (χ3v) is 3.86. The molecule has 0 saturated heterocycles. The van der Waals surface area contributed by atoms with Crippen LogP contribution < -0.4 is 9.64 Å². The fraction of sp³-hybridized carbons (Fsp3) is 0.278. The largest absolute Gasteiger partial charge is 0.507 e. The Morgan fingerprint density at radius 2 is 1.91 bits per heavy atom. The Balaban J connectivity index is 2.28. The van der Waals surface area contributed by atoms with Gasteiger partial charge < -0.3 is 14.7 Å². The molecular weight excluding hydrogens is 312 g/mol. The van der Waals surface area contributed by atoms with Crippen LogP contribution in [0.4, 0.5) is 11.4 Å². The van der Waals surface area contributed by atoms with E-state index in [2.05, 4.69) is 23.7 Å². The van der Waals surface area contributed by atoms with Crippen LogP contribution in [0.1, 0.15) is 19.4 Å². The van der Waals surface area contributed by atoms with E-state index in [1.807, 2.05) is 12.1 Å². The summed E-state index contributed by atoms with van der Waals surface area (Å²) >= 11 is 5.99. The van der Waals surface area contributed by atoms with Crippen molar-refractivity contribution in [2.24, 2.45) is 4.99 Å². The molecule has 0 bridgehead atoms. The highest BCUT2D eigenvalue weighted by atomic mass is 35.5. The van der Waals surface area contributed by atoms with E-state index >= 15 is 0 Å². The maximum Gasteiger partial charge on any atom is 0.144 e. The average Bonchev–Trinajstić information content (AvgIpc) is 2.55. The predicted octanol–water partition coefficient (Wildman–Crippen LogP) is 4.65. The predicted molar refractivity (Wildman–Crippen MR) is 96.9 cm³/mol. The lowest BCUT2D eigenvalue weighted by atomic mass is 10.1. The lowest BCUT2D eigenvalue weighted by Crippen LogP contribution is -2.21. The first-order valence-electron chi connectivity index (χ1n) is 7.54. The van der Waals surface area contributed by atoms with Crippen LogP contribution in [0.3, 0.4) is 0 Å². The summed E-state index contributed by atoms with van der Waals surface area (Å²) in [6.45, 7) is 5.95. The van der Waals surface area contributed by atoms with Crippen molar-refractivity contribution in [3.8, 4) is 11.5 Å². The number of nitrogens with zero attached hydrogens (tertiary/aromatic N) is 2. The minimum absolute atomic E-state index is 0.194. The second-order valence-corrected chi connectivity index (χ2v) is 5.43. The smallest absolute Gasteiger partial charge is 0.144 e. The summed E-state index contributed by atoms with van der Waals surface area (Å²) in [6.07, 6.45) is 1.61. The van der Waals surface area contributed by atoms with Gasteiger partial charge in [0.15, 0.2) is 0 Å². The van der Waals surface area contributed by atoms with Gasteiger partial charge in [-0.3, -0.25) is 4.99 Å². The number of phenols is 1. The molecule has 2 aromatic rings. The number of phenolic OH excluding ortho intramolecular Hbond substituents is 1. The maximum atomic E-state index is 10.2. The maximum absolute atomic E-state index is 10.2. The normalized spacial score (nSPS) is 11.0. The number of benzene rings is 2. The summed E-state index contributed by atoms with van der Waals surface area (Å²) in [5.74, 6) is 0.823. The second-order valence-electron chi connectivity index (χ2n) is 4.99. The molecule has 2 aromatic carbocycles. The summed E-state index contributed by atoms with van der Waals surface area (Å²) in [6, 6.07) is 10.8. The highest BCUT2D eigenvalue weighted by Crippen LogP contribution is 2.31. The molecule has 0 radical (unpaired) electrons. The summed E-state index contributed by atoms with van der Waals surface area (Å²) in [4.78, 5) is 6.54. The van der Waals surface area contributed by atoms with E-state index in [0.717, 1.165) is 18.8 Å². The van der Waals surface area contributed by atoms with Crippen molar-refractivity contribution >= 4 is 29.2 Å². The van der Waals surface area contributed by atoms with Crippen LogP contribution in [0.15, 0.2) is 41.4 Å². The first-order valence-corrected chi connectivity index (χ1v) is 7.92. The number of rotatable bonds is 6. The molecule has 0 aromatic heterocycles. The zero-order chi connectivity index (χ0) is 16.8. The molecule has 0 aliphatic carbocycles. The Bertz CT molecular complexity index is 697. The Kier molecular flexibility index (Phi) is 5.88. The van der Waals surface area contributed by atoms with E-state index in [4.69, 9.17) is 16.3 Å². The SMILES string of the molecule is CCN(CC)c1ccc(C=Nc2cc(Cl)ccc2OC)c(O)c1. The molecule has 23 heavy (non-hydrogen) atoms. The monoisotopic (exact) mass is 332 g/mol. The topological polar surface area (TPSA) is 45.1 Å². The van der Waals surface area contributed by atoms with Crippen molar-refractivity contribution in [1.82, 2.24) is 0 Å². The number of halogens is 1. The first-order chi connectivity index (χ1) is 11.1. The van der Waals surface area contributed by atoms with Gasteiger partial charge in [0.25, 0.3) is 0 Å². The van der Waals surface area contributed by atoms with Gasteiger partial charge in [-0.1, -0.05) is 11.6 Å². The van der Waals surface area contributed by atoms with Crippen molar-refractivity contribution in [2.45, 2.75) is 13.8 Å². The molecule has 1 N–H and O–H groups in total. The Hall–Kier alpha value is -2.20. The second kappa shape index (κ2) is 7.88. The zero-order valence-corrected chi connectivity index (χ0v) is 14.3. The van der Waals surface area contributed by atoms with Crippen LogP contribution >= 0.6 is 11.6 Å².